The third-order valence-corrected chi connectivity index (χ3v) is 6.01. The van der Waals surface area contributed by atoms with Crippen molar-refractivity contribution in [3.05, 3.63) is 77.4 Å². The van der Waals surface area contributed by atoms with Crippen LogP contribution in [0.5, 0.6) is 0 Å². The molecule has 1 aliphatic rings. The van der Waals surface area contributed by atoms with Crippen LogP contribution in [0.25, 0.3) is 22.4 Å². The Morgan fingerprint density at radius 1 is 1.25 bits per heavy atom. The predicted molar refractivity (Wildman–Crippen MR) is 115 cm³/mol. The minimum Gasteiger partial charge on any atom is -0.455 e. The second-order valence-electron chi connectivity index (χ2n) is 8.32. The van der Waals surface area contributed by atoms with Crippen LogP contribution in [0.2, 0.25) is 0 Å². The number of alkyl halides is 3. The van der Waals surface area contributed by atoms with E-state index in [4.69, 9.17) is 8.83 Å². The Balaban J connectivity index is 1.48. The highest BCUT2D eigenvalue weighted by atomic mass is 19.4. The summed E-state index contributed by atoms with van der Waals surface area (Å²) in [5, 5.41) is 4.35. The lowest BCUT2D eigenvalue weighted by atomic mass is 9.99. The molecule has 4 aromatic heterocycles. The molecule has 13 heteroatoms. The molecule has 5 aromatic rings. The van der Waals surface area contributed by atoms with Gasteiger partial charge in [-0.3, -0.25) is 9.48 Å². The molecule has 184 valence electrons. The van der Waals surface area contributed by atoms with Crippen molar-refractivity contribution >= 4 is 16.9 Å². The molecule has 1 aromatic carbocycles. The van der Waals surface area contributed by atoms with Crippen LogP contribution in [0.15, 0.2) is 51.8 Å². The molecule has 0 fully saturated rings. The summed E-state index contributed by atoms with van der Waals surface area (Å²) >= 11 is 0. The van der Waals surface area contributed by atoms with Crippen molar-refractivity contribution in [3.63, 3.8) is 0 Å². The highest BCUT2D eigenvalue weighted by molar-refractivity contribution is 5.94. The number of benzene rings is 1. The normalized spacial score (nSPS) is 16.0. The first-order chi connectivity index (χ1) is 17.2. The number of aromatic amines is 1. The van der Waals surface area contributed by atoms with Crippen molar-refractivity contribution in [2.45, 2.75) is 18.6 Å². The molecule has 0 spiro atoms. The maximum Gasteiger partial charge on any atom is 0.437 e. The number of amides is 1. The van der Waals surface area contributed by atoms with Gasteiger partial charge in [-0.05, 0) is 12.1 Å². The average molecular weight is 500 g/mol. The standard InChI is InChI=1S/C23H16F4N6O3/c1-32-9-12(8-30-32)21-31-20(23(25,26)27)19(36-21)22(34)33-6-5-14-16(29-10-28-14)17(33)15-7-11-3-2-4-13(24)18(11)35-15/h2-4,7-10,17H,5-6H2,1H3,(H,28,29)/t17-/m1/s1. The second-order valence-corrected chi connectivity index (χ2v) is 8.32. The van der Waals surface area contributed by atoms with Gasteiger partial charge in [-0.25, -0.2) is 14.4 Å². The van der Waals surface area contributed by atoms with Crippen LogP contribution in [0.4, 0.5) is 17.6 Å². The molecule has 1 N–H and O–H groups in total. The summed E-state index contributed by atoms with van der Waals surface area (Å²) < 4.78 is 68.6. The number of para-hydroxylation sites is 1. The summed E-state index contributed by atoms with van der Waals surface area (Å²) in [6, 6.07) is 4.88. The van der Waals surface area contributed by atoms with Crippen molar-refractivity contribution in [1.82, 2.24) is 29.6 Å². The van der Waals surface area contributed by atoms with E-state index in [9.17, 15) is 22.4 Å². The summed E-state index contributed by atoms with van der Waals surface area (Å²) in [6.45, 7) is 0.0262. The molecule has 36 heavy (non-hydrogen) atoms. The van der Waals surface area contributed by atoms with Crippen LogP contribution >= 0.6 is 0 Å². The number of aromatic nitrogens is 5. The van der Waals surface area contributed by atoms with E-state index in [-0.39, 0.29) is 23.5 Å². The summed E-state index contributed by atoms with van der Waals surface area (Å²) in [5.74, 6) is -2.86. The number of carbonyl (C=O) groups is 1. The van der Waals surface area contributed by atoms with E-state index in [1.54, 1.807) is 19.2 Å². The lowest BCUT2D eigenvalue weighted by Crippen LogP contribution is -2.41. The van der Waals surface area contributed by atoms with Crippen LogP contribution < -0.4 is 0 Å². The Morgan fingerprint density at radius 3 is 2.81 bits per heavy atom. The van der Waals surface area contributed by atoms with Gasteiger partial charge in [0.05, 0.1) is 23.8 Å². The molecule has 0 unspecified atom stereocenters. The molecule has 0 saturated heterocycles. The number of imidazole rings is 1. The summed E-state index contributed by atoms with van der Waals surface area (Å²) in [6.07, 6.45) is -0.534. The fraction of sp³-hybridized carbons (Fsp3) is 0.217. The quantitative estimate of drug-likeness (QED) is 0.366. The number of aryl methyl sites for hydroxylation is 1. The lowest BCUT2D eigenvalue weighted by Gasteiger charge is -2.33. The summed E-state index contributed by atoms with van der Waals surface area (Å²) in [7, 11) is 1.58. The monoisotopic (exact) mass is 500 g/mol. The maximum absolute atomic E-state index is 14.3. The number of nitrogens with one attached hydrogen (secondary N) is 1. The molecule has 6 rings (SSSR count). The van der Waals surface area contributed by atoms with Crippen LogP contribution in [0, 0.1) is 5.82 Å². The maximum atomic E-state index is 14.3. The van der Waals surface area contributed by atoms with E-state index in [1.165, 1.54) is 40.4 Å². The first-order valence-electron chi connectivity index (χ1n) is 10.8. The molecule has 1 aliphatic heterocycles. The van der Waals surface area contributed by atoms with Crippen molar-refractivity contribution in [1.29, 1.82) is 0 Å². The number of furan rings is 1. The number of H-pyrrole nitrogens is 1. The van der Waals surface area contributed by atoms with Gasteiger partial charge in [0.2, 0.25) is 11.7 Å². The smallest absolute Gasteiger partial charge is 0.437 e. The topological polar surface area (TPSA) is 106 Å². The zero-order valence-electron chi connectivity index (χ0n) is 18.5. The fourth-order valence-electron chi connectivity index (χ4n) is 4.41. The molecule has 0 aliphatic carbocycles. The number of carbonyl (C=O) groups excluding carboxylic acids is 1. The van der Waals surface area contributed by atoms with Crippen molar-refractivity contribution in [3.8, 4) is 11.5 Å². The molecule has 1 atom stereocenters. The third-order valence-electron chi connectivity index (χ3n) is 6.01. The molecule has 5 heterocycles. The summed E-state index contributed by atoms with van der Waals surface area (Å²) in [5.41, 5.74) is -0.227. The summed E-state index contributed by atoms with van der Waals surface area (Å²) in [4.78, 5) is 25.6. The predicted octanol–water partition coefficient (Wildman–Crippen LogP) is 4.49. The molecule has 0 saturated carbocycles. The minimum absolute atomic E-state index is 0.0262. The van der Waals surface area contributed by atoms with Crippen molar-refractivity contribution in [2.24, 2.45) is 7.05 Å². The second kappa shape index (κ2) is 7.80. The number of hydrogen-bond donors (Lipinski definition) is 1. The van der Waals surface area contributed by atoms with Crippen LogP contribution in [-0.2, 0) is 19.6 Å². The Labute approximate surface area is 199 Å². The van der Waals surface area contributed by atoms with Crippen molar-refractivity contribution < 1.29 is 31.2 Å². The largest absolute Gasteiger partial charge is 0.455 e. The van der Waals surface area contributed by atoms with E-state index in [1.807, 2.05) is 0 Å². The minimum atomic E-state index is -4.96. The van der Waals surface area contributed by atoms with Gasteiger partial charge in [-0.1, -0.05) is 12.1 Å². The number of rotatable bonds is 3. The van der Waals surface area contributed by atoms with E-state index < -0.39 is 41.3 Å². The first kappa shape index (κ1) is 22.1. The fourth-order valence-corrected chi connectivity index (χ4v) is 4.41. The van der Waals surface area contributed by atoms with Gasteiger partial charge < -0.3 is 18.7 Å². The van der Waals surface area contributed by atoms with Gasteiger partial charge >= 0.3 is 6.18 Å². The Hall–Kier alpha value is -4.42. The molecule has 0 bridgehead atoms. The van der Waals surface area contributed by atoms with Gasteiger partial charge in [0.15, 0.2) is 17.1 Å². The SMILES string of the molecule is Cn1cc(-c2nc(C(F)(F)F)c(C(=O)N3CCc4[nH]cnc4[C@H]3c3cc4cccc(F)c4o3)o2)cn1. The molecular formula is C23H16F4N6O3. The highest BCUT2D eigenvalue weighted by Gasteiger charge is 2.45. The van der Waals surface area contributed by atoms with Crippen LogP contribution in [-0.4, -0.2) is 42.1 Å². The number of fused-ring (bicyclic) bond motifs is 2. The number of hydrogen-bond acceptors (Lipinski definition) is 6. The lowest BCUT2D eigenvalue weighted by molar-refractivity contribution is -0.141. The van der Waals surface area contributed by atoms with Crippen molar-refractivity contribution in [2.75, 3.05) is 6.54 Å². The zero-order valence-corrected chi connectivity index (χ0v) is 18.5. The molecule has 0 radical (unpaired) electrons. The number of oxazole rings is 1. The average Bonchev–Trinajstić information content (AvgIpc) is 3.62. The van der Waals surface area contributed by atoms with Crippen LogP contribution in [0.1, 0.15) is 39.4 Å². The Bertz CT molecular complexity index is 1610. The molecule has 1 amide bonds. The van der Waals surface area contributed by atoms with Gasteiger partial charge in [-0.15, -0.1) is 0 Å². The van der Waals surface area contributed by atoms with E-state index >= 15 is 0 Å². The molecule has 9 nitrogen and oxygen atoms in total. The van der Waals surface area contributed by atoms with Crippen LogP contribution in [0.3, 0.4) is 0 Å². The van der Waals surface area contributed by atoms with E-state index in [0.29, 0.717) is 23.2 Å². The Morgan fingerprint density at radius 2 is 2.08 bits per heavy atom. The van der Waals surface area contributed by atoms with E-state index in [2.05, 4.69) is 20.1 Å². The Kier molecular flexibility index (Phi) is 4.78. The first-order valence-corrected chi connectivity index (χ1v) is 10.8. The van der Waals surface area contributed by atoms with Gasteiger partial charge in [0.25, 0.3) is 5.91 Å². The third kappa shape index (κ3) is 3.46. The highest BCUT2D eigenvalue weighted by Crippen LogP contribution is 2.40. The zero-order chi connectivity index (χ0) is 25.2. The number of nitrogens with zero attached hydrogens (tertiary/aromatic N) is 5. The van der Waals surface area contributed by atoms with Gasteiger partial charge in [0.1, 0.15) is 11.8 Å². The van der Waals surface area contributed by atoms with E-state index in [0.717, 1.165) is 0 Å². The number of halogens is 4. The molecular weight excluding hydrogens is 484 g/mol. The van der Waals surface area contributed by atoms with Gasteiger partial charge in [0, 0.05) is 37.3 Å². The van der Waals surface area contributed by atoms with Gasteiger partial charge in [-0.2, -0.15) is 18.3 Å².